The fourth-order valence-corrected chi connectivity index (χ4v) is 1.48. The van der Waals surface area contributed by atoms with E-state index < -0.39 is 0 Å². The van der Waals surface area contributed by atoms with Gasteiger partial charge in [-0.3, -0.25) is 4.98 Å². The number of fused-ring (bicyclic) bond motifs is 1. The van der Waals surface area contributed by atoms with E-state index in [-0.39, 0.29) is 5.17 Å². The van der Waals surface area contributed by atoms with Gasteiger partial charge in [0.05, 0.1) is 5.52 Å². The number of halogens is 1. The van der Waals surface area contributed by atoms with E-state index in [4.69, 9.17) is 16.8 Å². The molecular weight excluding hydrogens is 200 g/mol. The normalized spacial score (nSPS) is 11.9. The molecule has 0 spiro atoms. The molecule has 0 amide bonds. The topological polar surface area (TPSA) is 45.5 Å². The summed E-state index contributed by atoms with van der Waals surface area (Å²) >= 11 is 5.73. The first-order valence-electron chi connectivity index (χ1n) is 4.04. The number of nitrogens with zero attached hydrogens (tertiary/aromatic N) is 2. The molecule has 0 atom stereocenters. The lowest BCUT2D eigenvalue weighted by Crippen LogP contribution is -1.94. The SMILES string of the molecule is O/N=C(/Cl)c1cccc2cccnc12. The zero-order valence-corrected chi connectivity index (χ0v) is 7.94. The van der Waals surface area contributed by atoms with E-state index in [0.29, 0.717) is 5.56 Å². The molecular formula is C10H7ClN2O. The van der Waals surface area contributed by atoms with Crippen molar-refractivity contribution in [3.05, 3.63) is 42.1 Å². The molecule has 0 unspecified atom stereocenters. The van der Waals surface area contributed by atoms with E-state index in [0.717, 1.165) is 10.9 Å². The summed E-state index contributed by atoms with van der Waals surface area (Å²) in [5.74, 6) is 0. The molecule has 0 aliphatic rings. The molecule has 0 saturated heterocycles. The van der Waals surface area contributed by atoms with Gasteiger partial charge in [0, 0.05) is 17.1 Å². The largest absolute Gasteiger partial charge is 0.410 e. The molecule has 1 aromatic carbocycles. The van der Waals surface area contributed by atoms with E-state index in [1.54, 1.807) is 12.3 Å². The first-order chi connectivity index (χ1) is 6.83. The standard InChI is InChI=1S/C10H7ClN2O/c11-10(13-14)8-5-1-3-7-4-2-6-12-9(7)8/h1-6,14H/b13-10+. The van der Waals surface area contributed by atoms with Gasteiger partial charge in [0.25, 0.3) is 0 Å². The number of oxime groups is 1. The van der Waals surface area contributed by atoms with Crippen LogP contribution in [-0.4, -0.2) is 15.4 Å². The molecule has 1 N–H and O–H groups in total. The van der Waals surface area contributed by atoms with E-state index >= 15 is 0 Å². The van der Waals surface area contributed by atoms with Crippen LogP contribution in [0.5, 0.6) is 0 Å². The van der Waals surface area contributed by atoms with Crippen LogP contribution in [0.3, 0.4) is 0 Å². The predicted molar refractivity (Wildman–Crippen MR) is 55.9 cm³/mol. The Morgan fingerprint density at radius 1 is 1.29 bits per heavy atom. The minimum atomic E-state index is 0.0503. The van der Waals surface area contributed by atoms with Crippen LogP contribution in [0.15, 0.2) is 41.7 Å². The van der Waals surface area contributed by atoms with Crippen molar-refractivity contribution in [2.45, 2.75) is 0 Å². The Morgan fingerprint density at radius 3 is 2.86 bits per heavy atom. The molecule has 1 aromatic heterocycles. The van der Waals surface area contributed by atoms with Crippen LogP contribution >= 0.6 is 11.6 Å². The molecule has 2 aromatic rings. The number of hydrogen-bond donors (Lipinski definition) is 1. The molecule has 14 heavy (non-hydrogen) atoms. The van der Waals surface area contributed by atoms with Crippen molar-refractivity contribution in [2.24, 2.45) is 5.16 Å². The second-order valence-electron chi connectivity index (χ2n) is 2.77. The highest BCUT2D eigenvalue weighted by Gasteiger charge is 2.05. The summed E-state index contributed by atoms with van der Waals surface area (Å²) in [6.45, 7) is 0. The van der Waals surface area contributed by atoms with Gasteiger partial charge < -0.3 is 5.21 Å². The van der Waals surface area contributed by atoms with Gasteiger partial charge in [-0.1, -0.05) is 35.0 Å². The third kappa shape index (κ3) is 1.42. The van der Waals surface area contributed by atoms with Gasteiger partial charge >= 0.3 is 0 Å². The number of hydrogen-bond acceptors (Lipinski definition) is 3. The number of para-hydroxylation sites is 1. The third-order valence-electron chi connectivity index (χ3n) is 1.94. The van der Waals surface area contributed by atoms with Gasteiger partial charge in [-0.25, -0.2) is 0 Å². The Hall–Kier alpha value is -1.61. The lowest BCUT2D eigenvalue weighted by molar-refractivity contribution is 0.321. The number of benzene rings is 1. The minimum Gasteiger partial charge on any atom is -0.410 e. The lowest BCUT2D eigenvalue weighted by atomic mass is 10.1. The highest BCUT2D eigenvalue weighted by Crippen LogP contribution is 2.17. The molecule has 0 bridgehead atoms. The summed E-state index contributed by atoms with van der Waals surface area (Å²) < 4.78 is 0. The van der Waals surface area contributed by atoms with E-state index in [1.807, 2.05) is 24.3 Å². The maximum absolute atomic E-state index is 8.58. The van der Waals surface area contributed by atoms with Gasteiger partial charge in [0.15, 0.2) is 5.17 Å². The van der Waals surface area contributed by atoms with Crippen LogP contribution in [-0.2, 0) is 0 Å². The summed E-state index contributed by atoms with van der Waals surface area (Å²) in [5, 5.41) is 12.5. The Kier molecular flexibility index (Phi) is 2.33. The highest BCUT2D eigenvalue weighted by atomic mass is 35.5. The van der Waals surface area contributed by atoms with Crippen molar-refractivity contribution in [1.82, 2.24) is 4.98 Å². The van der Waals surface area contributed by atoms with Crippen molar-refractivity contribution in [3.63, 3.8) is 0 Å². The number of aromatic nitrogens is 1. The quantitative estimate of drug-likeness (QED) is 0.443. The van der Waals surface area contributed by atoms with Gasteiger partial charge in [-0.15, -0.1) is 0 Å². The van der Waals surface area contributed by atoms with Gasteiger partial charge in [-0.2, -0.15) is 0 Å². The lowest BCUT2D eigenvalue weighted by Gasteiger charge is -2.01. The van der Waals surface area contributed by atoms with E-state index in [2.05, 4.69) is 10.1 Å². The van der Waals surface area contributed by atoms with Crippen LogP contribution in [0, 0.1) is 0 Å². The summed E-state index contributed by atoms with van der Waals surface area (Å²) in [7, 11) is 0. The predicted octanol–water partition coefficient (Wildman–Crippen LogP) is 2.61. The Balaban J connectivity index is 2.77. The van der Waals surface area contributed by atoms with Crippen molar-refractivity contribution < 1.29 is 5.21 Å². The van der Waals surface area contributed by atoms with Crippen LogP contribution in [0.2, 0.25) is 0 Å². The van der Waals surface area contributed by atoms with Crippen molar-refractivity contribution in [1.29, 1.82) is 0 Å². The highest BCUT2D eigenvalue weighted by molar-refractivity contribution is 6.70. The van der Waals surface area contributed by atoms with Gasteiger partial charge in [-0.05, 0) is 12.1 Å². The van der Waals surface area contributed by atoms with E-state index in [1.165, 1.54) is 0 Å². The monoisotopic (exact) mass is 206 g/mol. The maximum atomic E-state index is 8.58. The van der Waals surface area contributed by atoms with Crippen LogP contribution < -0.4 is 0 Å². The first-order valence-corrected chi connectivity index (χ1v) is 4.42. The van der Waals surface area contributed by atoms with Crippen molar-refractivity contribution in [3.8, 4) is 0 Å². The molecule has 0 fully saturated rings. The molecule has 1 heterocycles. The van der Waals surface area contributed by atoms with Crippen molar-refractivity contribution in [2.75, 3.05) is 0 Å². The van der Waals surface area contributed by atoms with E-state index in [9.17, 15) is 0 Å². The Labute approximate surface area is 85.6 Å². The fraction of sp³-hybridized carbons (Fsp3) is 0. The average Bonchev–Trinajstić information content (AvgIpc) is 2.27. The summed E-state index contributed by atoms with van der Waals surface area (Å²) in [6, 6.07) is 9.29. The van der Waals surface area contributed by atoms with Crippen LogP contribution in [0.4, 0.5) is 0 Å². The third-order valence-corrected chi connectivity index (χ3v) is 2.22. The molecule has 0 saturated carbocycles. The second kappa shape index (κ2) is 3.64. The summed E-state index contributed by atoms with van der Waals surface area (Å²) in [5.41, 5.74) is 1.37. The fourth-order valence-electron chi connectivity index (χ4n) is 1.32. The smallest absolute Gasteiger partial charge is 0.177 e. The molecule has 4 heteroatoms. The molecule has 0 aliphatic heterocycles. The zero-order valence-electron chi connectivity index (χ0n) is 7.18. The average molecular weight is 207 g/mol. The first kappa shape index (κ1) is 8.97. The maximum Gasteiger partial charge on any atom is 0.177 e. The molecule has 70 valence electrons. The number of rotatable bonds is 1. The molecule has 0 aliphatic carbocycles. The molecule has 2 rings (SSSR count). The second-order valence-corrected chi connectivity index (χ2v) is 3.13. The minimum absolute atomic E-state index is 0.0503. The summed E-state index contributed by atoms with van der Waals surface area (Å²) in [4.78, 5) is 4.17. The summed E-state index contributed by atoms with van der Waals surface area (Å²) in [6.07, 6.45) is 1.67. The molecule has 0 radical (unpaired) electrons. The van der Waals surface area contributed by atoms with Crippen molar-refractivity contribution >= 4 is 27.7 Å². The Morgan fingerprint density at radius 2 is 2.07 bits per heavy atom. The van der Waals surface area contributed by atoms with Gasteiger partial charge in [0.2, 0.25) is 0 Å². The zero-order chi connectivity index (χ0) is 9.97. The molecule has 3 nitrogen and oxygen atoms in total. The Bertz CT molecular complexity index is 491. The number of pyridine rings is 1. The van der Waals surface area contributed by atoms with Gasteiger partial charge in [0.1, 0.15) is 0 Å². The van der Waals surface area contributed by atoms with Crippen LogP contribution in [0.1, 0.15) is 5.56 Å². The van der Waals surface area contributed by atoms with Crippen LogP contribution in [0.25, 0.3) is 10.9 Å².